The first-order valence-electron chi connectivity index (χ1n) is 8.42. The van der Waals surface area contributed by atoms with Crippen molar-refractivity contribution in [1.82, 2.24) is 14.9 Å². The molecule has 0 unspecified atom stereocenters. The molecule has 1 N–H and O–H groups in total. The highest BCUT2D eigenvalue weighted by molar-refractivity contribution is 5.98. The Labute approximate surface area is 135 Å². The highest BCUT2D eigenvalue weighted by Gasteiger charge is 2.44. The summed E-state index contributed by atoms with van der Waals surface area (Å²) in [4.78, 5) is 34.1. The molecule has 0 atom stereocenters. The molecule has 2 fully saturated rings. The van der Waals surface area contributed by atoms with Gasteiger partial charge in [0.15, 0.2) is 0 Å². The molecule has 1 spiro atoms. The Hall–Kier alpha value is -2.17. The van der Waals surface area contributed by atoms with Crippen molar-refractivity contribution in [2.24, 2.45) is 5.41 Å². The summed E-state index contributed by atoms with van der Waals surface area (Å²) >= 11 is 0. The molecule has 23 heavy (non-hydrogen) atoms. The lowest BCUT2D eigenvalue weighted by Gasteiger charge is -2.37. The second-order valence-electron chi connectivity index (χ2n) is 6.95. The minimum absolute atomic E-state index is 0.000684. The first-order valence-corrected chi connectivity index (χ1v) is 8.42. The zero-order valence-corrected chi connectivity index (χ0v) is 13.2. The van der Waals surface area contributed by atoms with Gasteiger partial charge in [-0.3, -0.25) is 14.5 Å². The number of aromatic nitrogens is 2. The fourth-order valence-corrected chi connectivity index (χ4v) is 4.10. The maximum atomic E-state index is 12.4. The molecular weight excluding hydrogens is 290 g/mol. The average Bonchev–Trinajstić information content (AvgIpc) is 3.12. The molecule has 1 aliphatic carbocycles. The first-order chi connectivity index (χ1) is 11.2. The predicted molar refractivity (Wildman–Crippen MR) is 86.7 cm³/mol. The number of carbonyl (C=O) groups excluding carboxylic acids is 2. The van der Waals surface area contributed by atoms with E-state index in [2.05, 4.69) is 9.97 Å². The number of carbonyl (C=O) groups is 2. The van der Waals surface area contributed by atoms with E-state index in [1.165, 1.54) is 4.90 Å². The minimum Gasteiger partial charge on any atom is -0.342 e. The van der Waals surface area contributed by atoms with Crippen molar-refractivity contribution in [3.63, 3.8) is 0 Å². The summed E-state index contributed by atoms with van der Waals surface area (Å²) in [6.07, 6.45) is 6.03. The molecule has 1 saturated carbocycles. The fraction of sp³-hybridized carbons (Fsp3) is 0.500. The van der Waals surface area contributed by atoms with Gasteiger partial charge in [0, 0.05) is 25.8 Å². The summed E-state index contributed by atoms with van der Waals surface area (Å²) in [6, 6.07) is 7.85. The predicted octanol–water partition coefficient (Wildman–Crippen LogP) is 2.81. The van der Waals surface area contributed by atoms with E-state index in [0.29, 0.717) is 25.8 Å². The van der Waals surface area contributed by atoms with Crippen molar-refractivity contribution in [1.29, 1.82) is 0 Å². The average molecular weight is 311 g/mol. The second kappa shape index (κ2) is 5.48. The van der Waals surface area contributed by atoms with Crippen molar-refractivity contribution in [2.75, 3.05) is 6.54 Å². The maximum absolute atomic E-state index is 12.4. The fourth-order valence-electron chi connectivity index (χ4n) is 4.10. The molecule has 1 saturated heterocycles. The lowest BCUT2D eigenvalue weighted by Crippen LogP contribution is -2.47. The monoisotopic (exact) mass is 311 g/mol. The SMILES string of the molecule is O=C1CC2(CCCC2)CC(=O)N1CCc1nc2ccccc2[nH]1. The number of hydrogen-bond acceptors (Lipinski definition) is 3. The maximum Gasteiger partial charge on any atom is 0.229 e. The minimum atomic E-state index is -0.0238. The van der Waals surface area contributed by atoms with Crippen molar-refractivity contribution < 1.29 is 9.59 Å². The number of para-hydroxylation sites is 2. The zero-order chi connectivity index (χ0) is 15.9. The third kappa shape index (κ3) is 2.64. The summed E-state index contributed by atoms with van der Waals surface area (Å²) in [5.41, 5.74) is 1.89. The van der Waals surface area contributed by atoms with Crippen LogP contribution in [0, 0.1) is 5.41 Å². The van der Waals surface area contributed by atoms with Crippen molar-refractivity contribution in [3.8, 4) is 0 Å². The number of imidazole rings is 1. The Balaban J connectivity index is 1.44. The Morgan fingerprint density at radius 2 is 1.78 bits per heavy atom. The molecule has 1 aliphatic heterocycles. The van der Waals surface area contributed by atoms with E-state index in [1.807, 2.05) is 24.3 Å². The van der Waals surface area contributed by atoms with E-state index in [1.54, 1.807) is 0 Å². The van der Waals surface area contributed by atoms with Crippen LogP contribution in [0.5, 0.6) is 0 Å². The van der Waals surface area contributed by atoms with Crippen LogP contribution in [0.2, 0.25) is 0 Å². The zero-order valence-electron chi connectivity index (χ0n) is 13.2. The number of imide groups is 1. The highest BCUT2D eigenvalue weighted by atomic mass is 16.2. The number of rotatable bonds is 3. The van der Waals surface area contributed by atoms with Gasteiger partial charge in [0.05, 0.1) is 11.0 Å². The lowest BCUT2D eigenvalue weighted by atomic mass is 9.76. The molecule has 120 valence electrons. The van der Waals surface area contributed by atoms with Gasteiger partial charge in [0.2, 0.25) is 11.8 Å². The van der Waals surface area contributed by atoms with E-state index in [-0.39, 0.29) is 17.2 Å². The molecule has 1 aromatic heterocycles. The summed E-state index contributed by atoms with van der Waals surface area (Å²) in [7, 11) is 0. The number of benzene rings is 1. The molecule has 2 aliphatic rings. The Bertz CT molecular complexity index is 705. The Kier molecular flexibility index (Phi) is 3.43. The number of piperidine rings is 1. The normalized spacial score (nSPS) is 20.8. The van der Waals surface area contributed by atoms with Crippen LogP contribution >= 0.6 is 0 Å². The molecule has 5 nitrogen and oxygen atoms in total. The van der Waals surface area contributed by atoms with Gasteiger partial charge in [-0.2, -0.15) is 0 Å². The van der Waals surface area contributed by atoms with Gasteiger partial charge in [-0.25, -0.2) is 4.98 Å². The van der Waals surface area contributed by atoms with Gasteiger partial charge in [0.25, 0.3) is 0 Å². The van der Waals surface area contributed by atoms with E-state index in [9.17, 15) is 9.59 Å². The molecule has 1 aromatic carbocycles. The Morgan fingerprint density at radius 1 is 1.09 bits per heavy atom. The summed E-state index contributed by atoms with van der Waals surface area (Å²) in [6.45, 7) is 0.424. The molecular formula is C18H21N3O2. The van der Waals surface area contributed by atoms with Crippen LogP contribution in [0.1, 0.15) is 44.3 Å². The topological polar surface area (TPSA) is 66.1 Å². The van der Waals surface area contributed by atoms with Crippen molar-refractivity contribution in [2.45, 2.75) is 44.9 Å². The van der Waals surface area contributed by atoms with Crippen LogP contribution in [0.3, 0.4) is 0 Å². The van der Waals surface area contributed by atoms with Crippen LogP contribution < -0.4 is 0 Å². The number of likely N-dealkylation sites (tertiary alicyclic amines) is 1. The number of nitrogens with one attached hydrogen (secondary N) is 1. The van der Waals surface area contributed by atoms with Gasteiger partial charge in [0.1, 0.15) is 5.82 Å². The number of aromatic amines is 1. The number of amides is 2. The summed E-state index contributed by atoms with van der Waals surface area (Å²) in [5.74, 6) is 0.825. The summed E-state index contributed by atoms with van der Waals surface area (Å²) < 4.78 is 0. The Morgan fingerprint density at radius 3 is 2.48 bits per heavy atom. The third-order valence-corrected chi connectivity index (χ3v) is 5.33. The number of fused-ring (bicyclic) bond motifs is 1. The molecule has 2 aromatic rings. The van der Waals surface area contributed by atoms with Gasteiger partial charge in [-0.15, -0.1) is 0 Å². The van der Waals surface area contributed by atoms with Gasteiger partial charge < -0.3 is 4.98 Å². The van der Waals surface area contributed by atoms with E-state index < -0.39 is 0 Å². The van der Waals surface area contributed by atoms with Crippen molar-refractivity contribution >= 4 is 22.8 Å². The number of H-pyrrole nitrogens is 1. The van der Waals surface area contributed by atoms with Crippen LogP contribution in [-0.4, -0.2) is 33.2 Å². The molecule has 0 bridgehead atoms. The van der Waals surface area contributed by atoms with Crippen molar-refractivity contribution in [3.05, 3.63) is 30.1 Å². The largest absolute Gasteiger partial charge is 0.342 e. The number of hydrogen-bond donors (Lipinski definition) is 1. The van der Waals surface area contributed by atoms with Crippen LogP contribution in [-0.2, 0) is 16.0 Å². The smallest absolute Gasteiger partial charge is 0.229 e. The molecule has 2 heterocycles. The van der Waals surface area contributed by atoms with E-state index >= 15 is 0 Å². The summed E-state index contributed by atoms with van der Waals surface area (Å²) in [5, 5.41) is 0. The standard InChI is InChI=1S/C18H21N3O2/c22-16-11-18(8-3-4-9-18)12-17(23)21(16)10-7-15-19-13-5-1-2-6-14(13)20-15/h1-2,5-6H,3-4,7-12H2,(H,19,20). The lowest BCUT2D eigenvalue weighted by molar-refractivity contribution is -0.153. The quantitative estimate of drug-likeness (QED) is 0.886. The molecule has 4 rings (SSSR count). The highest BCUT2D eigenvalue weighted by Crippen LogP contribution is 2.46. The molecule has 2 amide bonds. The third-order valence-electron chi connectivity index (χ3n) is 5.33. The van der Waals surface area contributed by atoms with E-state index in [4.69, 9.17) is 0 Å². The second-order valence-corrected chi connectivity index (χ2v) is 6.95. The molecule has 0 radical (unpaired) electrons. The van der Waals surface area contributed by atoms with Crippen LogP contribution in [0.4, 0.5) is 0 Å². The molecule has 5 heteroatoms. The first kappa shape index (κ1) is 14.4. The number of nitrogens with zero attached hydrogens (tertiary/aromatic N) is 2. The van der Waals surface area contributed by atoms with E-state index in [0.717, 1.165) is 42.5 Å². The van der Waals surface area contributed by atoms with Crippen LogP contribution in [0.15, 0.2) is 24.3 Å². The van der Waals surface area contributed by atoms with Crippen LogP contribution in [0.25, 0.3) is 11.0 Å². The van der Waals surface area contributed by atoms with Gasteiger partial charge in [-0.05, 0) is 30.4 Å². The van der Waals surface area contributed by atoms with Gasteiger partial charge >= 0.3 is 0 Å². The van der Waals surface area contributed by atoms with Gasteiger partial charge in [-0.1, -0.05) is 25.0 Å².